The first-order valence-electron chi connectivity index (χ1n) is 6.44. The third-order valence-electron chi connectivity index (χ3n) is 2.85. The lowest BCUT2D eigenvalue weighted by Crippen LogP contribution is -1.94. The fourth-order valence-electron chi connectivity index (χ4n) is 1.90. The Bertz CT molecular complexity index is 719. The molecule has 0 aliphatic carbocycles. The summed E-state index contributed by atoms with van der Waals surface area (Å²) in [7, 11) is 0. The molecule has 2 nitrogen and oxygen atoms in total. The van der Waals surface area contributed by atoms with Gasteiger partial charge < -0.3 is 4.74 Å². The van der Waals surface area contributed by atoms with Crippen molar-refractivity contribution in [3.8, 4) is 11.8 Å². The number of nitrogens with zero attached hydrogens (tertiary/aromatic N) is 1. The van der Waals surface area contributed by atoms with E-state index in [0.717, 1.165) is 20.4 Å². The van der Waals surface area contributed by atoms with Gasteiger partial charge in [-0.05, 0) is 59.4 Å². The van der Waals surface area contributed by atoms with Crippen LogP contribution in [-0.2, 0) is 0 Å². The van der Waals surface area contributed by atoms with E-state index >= 15 is 0 Å². The first-order chi connectivity index (χ1) is 10.2. The maximum atomic E-state index is 9.37. The van der Waals surface area contributed by atoms with Gasteiger partial charge in [-0.3, -0.25) is 0 Å². The minimum Gasteiger partial charge on any atom is -0.493 e. The molecule has 106 valence electrons. The SMILES string of the molecule is CCOc1ccc(C=C(C#N)c2ccccc2Cl)cc1I. The summed E-state index contributed by atoms with van der Waals surface area (Å²) in [5, 5.41) is 9.94. The van der Waals surface area contributed by atoms with Gasteiger partial charge in [0, 0.05) is 10.6 Å². The van der Waals surface area contributed by atoms with Gasteiger partial charge >= 0.3 is 0 Å². The van der Waals surface area contributed by atoms with Crippen molar-refractivity contribution in [3.63, 3.8) is 0 Å². The number of hydrogen-bond acceptors (Lipinski definition) is 2. The minimum absolute atomic E-state index is 0.542. The van der Waals surface area contributed by atoms with E-state index in [9.17, 15) is 5.26 Å². The van der Waals surface area contributed by atoms with Crippen LogP contribution in [0.25, 0.3) is 11.6 Å². The number of ether oxygens (including phenoxy) is 1. The van der Waals surface area contributed by atoms with Crippen LogP contribution in [0.5, 0.6) is 5.75 Å². The molecule has 0 radical (unpaired) electrons. The average molecular weight is 410 g/mol. The molecule has 0 aromatic heterocycles. The molecule has 0 heterocycles. The fourth-order valence-corrected chi connectivity index (χ4v) is 2.83. The van der Waals surface area contributed by atoms with Crippen molar-refractivity contribution in [2.24, 2.45) is 0 Å². The van der Waals surface area contributed by atoms with Crippen LogP contribution in [-0.4, -0.2) is 6.61 Å². The highest BCUT2D eigenvalue weighted by atomic mass is 127. The molecule has 4 heteroatoms. The molecular formula is C17H13ClINO. The van der Waals surface area contributed by atoms with Gasteiger partial charge in [-0.2, -0.15) is 5.26 Å². The highest BCUT2D eigenvalue weighted by Gasteiger charge is 2.06. The molecular weight excluding hydrogens is 397 g/mol. The highest BCUT2D eigenvalue weighted by molar-refractivity contribution is 14.1. The van der Waals surface area contributed by atoms with E-state index in [1.165, 1.54) is 0 Å². The Kier molecular flexibility index (Phi) is 5.66. The van der Waals surface area contributed by atoms with Gasteiger partial charge in [-0.1, -0.05) is 35.9 Å². The largest absolute Gasteiger partial charge is 0.493 e. The molecule has 2 rings (SSSR count). The molecule has 0 saturated heterocycles. The summed E-state index contributed by atoms with van der Waals surface area (Å²) in [5.41, 5.74) is 2.23. The van der Waals surface area contributed by atoms with Crippen molar-refractivity contribution < 1.29 is 4.74 Å². The van der Waals surface area contributed by atoms with Crippen LogP contribution in [0.1, 0.15) is 18.1 Å². The Morgan fingerprint density at radius 2 is 2.10 bits per heavy atom. The molecule has 0 bridgehead atoms. The minimum atomic E-state index is 0.542. The number of benzene rings is 2. The number of hydrogen-bond donors (Lipinski definition) is 0. The predicted molar refractivity (Wildman–Crippen MR) is 95.3 cm³/mol. The molecule has 0 N–H and O–H groups in total. The van der Waals surface area contributed by atoms with Crippen LogP contribution < -0.4 is 4.74 Å². The van der Waals surface area contributed by atoms with Gasteiger partial charge in [-0.15, -0.1) is 0 Å². The van der Waals surface area contributed by atoms with Crippen LogP contribution in [0.2, 0.25) is 5.02 Å². The summed E-state index contributed by atoms with van der Waals surface area (Å²) in [6.07, 6.45) is 1.83. The van der Waals surface area contributed by atoms with Crippen molar-refractivity contribution in [1.29, 1.82) is 5.26 Å². The zero-order valence-electron chi connectivity index (χ0n) is 11.4. The molecule has 0 fully saturated rings. The fraction of sp³-hybridized carbons (Fsp3) is 0.118. The highest BCUT2D eigenvalue weighted by Crippen LogP contribution is 2.27. The Morgan fingerprint density at radius 1 is 1.33 bits per heavy atom. The second-order valence-electron chi connectivity index (χ2n) is 4.27. The molecule has 2 aromatic rings. The standard InChI is InChI=1S/C17H13ClINO/c1-2-21-17-8-7-12(10-16(17)19)9-13(11-20)14-5-3-4-6-15(14)18/h3-10H,2H2,1H3. The van der Waals surface area contributed by atoms with Gasteiger partial charge in [0.2, 0.25) is 0 Å². The van der Waals surface area contributed by atoms with Gasteiger partial charge in [0.05, 0.1) is 21.8 Å². The van der Waals surface area contributed by atoms with Crippen molar-refractivity contribution in [3.05, 3.63) is 62.2 Å². The van der Waals surface area contributed by atoms with Crippen LogP contribution in [0.3, 0.4) is 0 Å². The van der Waals surface area contributed by atoms with E-state index in [2.05, 4.69) is 28.7 Å². The Balaban J connectivity index is 2.40. The van der Waals surface area contributed by atoms with E-state index in [4.69, 9.17) is 16.3 Å². The van der Waals surface area contributed by atoms with E-state index < -0.39 is 0 Å². The first-order valence-corrected chi connectivity index (χ1v) is 7.90. The van der Waals surface area contributed by atoms with Crippen molar-refractivity contribution >= 4 is 45.8 Å². The summed E-state index contributed by atoms with van der Waals surface area (Å²) in [6.45, 7) is 2.59. The molecule has 0 unspecified atom stereocenters. The zero-order valence-corrected chi connectivity index (χ0v) is 14.4. The maximum absolute atomic E-state index is 9.37. The van der Waals surface area contributed by atoms with Gasteiger partial charge in [0.15, 0.2) is 0 Å². The zero-order chi connectivity index (χ0) is 15.2. The van der Waals surface area contributed by atoms with E-state index in [0.29, 0.717) is 17.2 Å². The predicted octanol–water partition coefficient (Wildman–Crippen LogP) is 5.41. The molecule has 0 aliphatic heterocycles. The van der Waals surface area contributed by atoms with Crippen molar-refractivity contribution in [2.45, 2.75) is 6.92 Å². The van der Waals surface area contributed by atoms with Crippen molar-refractivity contribution in [1.82, 2.24) is 0 Å². The number of halogens is 2. The Hall–Kier alpha value is -1.51. The average Bonchev–Trinajstić information content (AvgIpc) is 2.48. The van der Waals surface area contributed by atoms with E-state index in [1.54, 1.807) is 6.07 Å². The maximum Gasteiger partial charge on any atom is 0.132 e. The number of allylic oxidation sites excluding steroid dienone is 1. The molecule has 0 atom stereocenters. The van der Waals surface area contributed by atoms with Crippen LogP contribution in [0, 0.1) is 14.9 Å². The lowest BCUT2D eigenvalue weighted by molar-refractivity contribution is 0.338. The summed E-state index contributed by atoms with van der Waals surface area (Å²) >= 11 is 8.37. The van der Waals surface area contributed by atoms with Crippen LogP contribution in [0.4, 0.5) is 0 Å². The van der Waals surface area contributed by atoms with E-state index in [-0.39, 0.29) is 0 Å². The van der Waals surface area contributed by atoms with Crippen LogP contribution >= 0.6 is 34.2 Å². The second kappa shape index (κ2) is 7.48. The number of nitriles is 1. The summed E-state index contributed by atoms with van der Waals surface area (Å²) in [5.74, 6) is 0.853. The third kappa shape index (κ3) is 3.99. The normalized spacial score (nSPS) is 11.0. The monoisotopic (exact) mass is 409 g/mol. The van der Waals surface area contributed by atoms with Gasteiger partial charge in [-0.25, -0.2) is 0 Å². The molecule has 21 heavy (non-hydrogen) atoms. The summed E-state index contributed by atoms with van der Waals surface area (Å²) in [6, 6.07) is 15.4. The lowest BCUT2D eigenvalue weighted by Gasteiger charge is -2.07. The third-order valence-corrected chi connectivity index (χ3v) is 4.02. The molecule has 0 saturated carbocycles. The molecule has 0 amide bonds. The Labute approximate surface area is 143 Å². The molecule has 0 aliphatic rings. The summed E-state index contributed by atoms with van der Waals surface area (Å²) in [4.78, 5) is 0. The smallest absolute Gasteiger partial charge is 0.132 e. The number of rotatable bonds is 4. The van der Waals surface area contributed by atoms with Gasteiger partial charge in [0.25, 0.3) is 0 Å². The first kappa shape index (κ1) is 15.9. The summed E-state index contributed by atoms with van der Waals surface area (Å²) < 4.78 is 6.53. The topological polar surface area (TPSA) is 33.0 Å². The quantitative estimate of drug-likeness (QED) is 0.384. The van der Waals surface area contributed by atoms with Gasteiger partial charge in [0.1, 0.15) is 5.75 Å². The second-order valence-corrected chi connectivity index (χ2v) is 5.84. The molecule has 0 spiro atoms. The van der Waals surface area contributed by atoms with E-state index in [1.807, 2.05) is 49.4 Å². The lowest BCUT2D eigenvalue weighted by atomic mass is 10.0. The Morgan fingerprint density at radius 3 is 2.71 bits per heavy atom. The molecule has 2 aromatic carbocycles. The van der Waals surface area contributed by atoms with Crippen LogP contribution in [0.15, 0.2) is 42.5 Å². The van der Waals surface area contributed by atoms with Crippen molar-refractivity contribution in [2.75, 3.05) is 6.61 Å².